The van der Waals surface area contributed by atoms with Crippen molar-refractivity contribution in [2.75, 3.05) is 20.2 Å². The van der Waals surface area contributed by atoms with Crippen LogP contribution < -0.4 is 10.1 Å². The number of likely N-dealkylation sites (tertiary alicyclic amines) is 1. The highest BCUT2D eigenvalue weighted by Gasteiger charge is 2.19. The Morgan fingerprint density at radius 1 is 1.47 bits per heavy atom. The number of ether oxygens (including phenoxy) is 1. The summed E-state index contributed by atoms with van der Waals surface area (Å²) in [7, 11) is 1.58. The predicted octanol–water partition coefficient (Wildman–Crippen LogP) is 2.03. The number of carbonyl (C=O) groups excluding carboxylic acids is 1. The van der Waals surface area contributed by atoms with E-state index in [-0.39, 0.29) is 6.03 Å². The van der Waals surface area contributed by atoms with Crippen molar-refractivity contribution < 1.29 is 9.53 Å². The van der Waals surface area contributed by atoms with E-state index in [1.54, 1.807) is 19.4 Å². The van der Waals surface area contributed by atoms with Crippen molar-refractivity contribution in [3.8, 4) is 5.88 Å². The number of hydrogen-bond acceptors (Lipinski definition) is 3. The molecule has 2 rings (SSSR count). The first-order valence-corrected chi connectivity index (χ1v) is 6.70. The first-order chi connectivity index (χ1) is 9.19. The Hall–Kier alpha value is -1.78. The minimum atomic E-state index is 0.0164. The molecular formula is C14H21N3O2. The van der Waals surface area contributed by atoms with Crippen LogP contribution in [-0.4, -0.2) is 36.1 Å². The van der Waals surface area contributed by atoms with E-state index in [1.807, 2.05) is 11.0 Å². The van der Waals surface area contributed by atoms with Gasteiger partial charge in [-0.1, -0.05) is 13.0 Å². The molecule has 0 spiro atoms. The third kappa shape index (κ3) is 3.84. The van der Waals surface area contributed by atoms with Crippen molar-refractivity contribution in [2.24, 2.45) is 5.92 Å². The zero-order valence-electron chi connectivity index (χ0n) is 11.6. The number of nitrogens with one attached hydrogen (secondary N) is 1. The highest BCUT2D eigenvalue weighted by Crippen LogP contribution is 2.15. The van der Waals surface area contributed by atoms with Gasteiger partial charge >= 0.3 is 6.03 Å². The Labute approximate surface area is 114 Å². The molecule has 1 N–H and O–H groups in total. The van der Waals surface area contributed by atoms with Crippen molar-refractivity contribution in [3.05, 3.63) is 23.9 Å². The van der Waals surface area contributed by atoms with Crippen LogP contribution in [0.4, 0.5) is 4.79 Å². The lowest BCUT2D eigenvalue weighted by Crippen LogP contribution is -2.43. The Balaban J connectivity index is 1.79. The molecule has 1 saturated heterocycles. The third-order valence-electron chi connectivity index (χ3n) is 3.52. The molecule has 1 aromatic heterocycles. The molecule has 1 aromatic rings. The van der Waals surface area contributed by atoms with Crippen molar-refractivity contribution in [3.63, 3.8) is 0 Å². The van der Waals surface area contributed by atoms with E-state index in [2.05, 4.69) is 17.2 Å². The van der Waals surface area contributed by atoms with Gasteiger partial charge in [0.25, 0.3) is 0 Å². The minimum absolute atomic E-state index is 0.0164. The average molecular weight is 263 g/mol. The van der Waals surface area contributed by atoms with E-state index in [0.29, 0.717) is 12.4 Å². The molecule has 19 heavy (non-hydrogen) atoms. The normalized spacial score (nSPS) is 16.2. The molecule has 0 unspecified atom stereocenters. The molecule has 5 heteroatoms. The van der Waals surface area contributed by atoms with Crippen molar-refractivity contribution >= 4 is 6.03 Å². The maximum Gasteiger partial charge on any atom is 0.317 e. The molecule has 2 amide bonds. The summed E-state index contributed by atoms with van der Waals surface area (Å²) in [6.45, 7) is 4.45. The molecule has 0 saturated carbocycles. The number of aromatic nitrogens is 1. The fourth-order valence-electron chi connectivity index (χ4n) is 2.14. The van der Waals surface area contributed by atoms with Gasteiger partial charge in [-0.3, -0.25) is 0 Å². The smallest absolute Gasteiger partial charge is 0.317 e. The fourth-order valence-corrected chi connectivity index (χ4v) is 2.14. The third-order valence-corrected chi connectivity index (χ3v) is 3.52. The van der Waals surface area contributed by atoms with Crippen LogP contribution in [0.1, 0.15) is 25.3 Å². The van der Waals surface area contributed by atoms with Gasteiger partial charge in [-0.2, -0.15) is 0 Å². The van der Waals surface area contributed by atoms with Crippen LogP contribution in [0.5, 0.6) is 5.88 Å². The molecule has 2 heterocycles. The van der Waals surface area contributed by atoms with Gasteiger partial charge in [-0.15, -0.1) is 0 Å². The maximum absolute atomic E-state index is 12.0. The Morgan fingerprint density at radius 3 is 2.79 bits per heavy atom. The Morgan fingerprint density at radius 2 is 2.21 bits per heavy atom. The van der Waals surface area contributed by atoms with Crippen molar-refractivity contribution in [1.29, 1.82) is 0 Å². The molecule has 1 aliphatic rings. The number of urea groups is 1. The molecule has 0 aromatic carbocycles. The summed E-state index contributed by atoms with van der Waals surface area (Å²) in [4.78, 5) is 18.0. The summed E-state index contributed by atoms with van der Waals surface area (Å²) in [6.07, 6.45) is 3.91. The summed E-state index contributed by atoms with van der Waals surface area (Å²) >= 11 is 0. The van der Waals surface area contributed by atoms with Gasteiger partial charge < -0.3 is 15.0 Å². The van der Waals surface area contributed by atoms with Gasteiger partial charge in [0.2, 0.25) is 5.88 Å². The second-order valence-electron chi connectivity index (χ2n) is 5.04. The van der Waals surface area contributed by atoms with E-state index in [0.717, 1.165) is 37.4 Å². The van der Waals surface area contributed by atoms with Gasteiger partial charge in [-0.25, -0.2) is 9.78 Å². The molecule has 5 nitrogen and oxygen atoms in total. The molecule has 0 radical (unpaired) electrons. The van der Waals surface area contributed by atoms with E-state index in [4.69, 9.17) is 4.74 Å². The number of amides is 2. The summed E-state index contributed by atoms with van der Waals surface area (Å²) in [5, 5.41) is 2.93. The zero-order chi connectivity index (χ0) is 13.7. The lowest BCUT2D eigenvalue weighted by molar-refractivity contribution is 0.173. The first kappa shape index (κ1) is 13.6. The number of rotatable bonds is 3. The first-order valence-electron chi connectivity index (χ1n) is 6.70. The fraction of sp³-hybridized carbons (Fsp3) is 0.571. The number of carbonyl (C=O) groups is 1. The Bertz CT molecular complexity index is 411. The topological polar surface area (TPSA) is 54.5 Å². The van der Waals surface area contributed by atoms with Gasteiger partial charge in [-0.05, 0) is 24.3 Å². The lowest BCUT2D eigenvalue weighted by Gasteiger charge is -2.30. The van der Waals surface area contributed by atoms with E-state index in [9.17, 15) is 4.79 Å². The zero-order valence-corrected chi connectivity index (χ0v) is 11.6. The Kier molecular flexibility index (Phi) is 4.60. The van der Waals surface area contributed by atoms with Crippen molar-refractivity contribution in [2.45, 2.75) is 26.3 Å². The van der Waals surface area contributed by atoms with Gasteiger partial charge in [0.15, 0.2) is 0 Å². The number of piperidine rings is 1. The molecule has 0 bridgehead atoms. The van der Waals surface area contributed by atoms with Crippen LogP contribution in [0.15, 0.2) is 18.3 Å². The second-order valence-corrected chi connectivity index (χ2v) is 5.04. The van der Waals surface area contributed by atoms with E-state index < -0.39 is 0 Å². The van der Waals surface area contributed by atoms with Gasteiger partial charge in [0.05, 0.1) is 7.11 Å². The van der Waals surface area contributed by atoms with Crippen LogP contribution in [0.3, 0.4) is 0 Å². The number of methoxy groups -OCH3 is 1. The highest BCUT2D eigenvalue weighted by atomic mass is 16.5. The summed E-state index contributed by atoms with van der Waals surface area (Å²) in [6, 6.07) is 3.72. The van der Waals surface area contributed by atoms with Crippen LogP contribution >= 0.6 is 0 Å². The molecule has 104 valence electrons. The van der Waals surface area contributed by atoms with Crippen LogP contribution in [0.2, 0.25) is 0 Å². The molecule has 0 aliphatic carbocycles. The average Bonchev–Trinajstić information content (AvgIpc) is 2.46. The van der Waals surface area contributed by atoms with Gasteiger partial charge in [0, 0.05) is 31.9 Å². The van der Waals surface area contributed by atoms with E-state index >= 15 is 0 Å². The van der Waals surface area contributed by atoms with Crippen molar-refractivity contribution in [1.82, 2.24) is 15.2 Å². The van der Waals surface area contributed by atoms with Crippen LogP contribution in [0.25, 0.3) is 0 Å². The maximum atomic E-state index is 12.0. The van der Waals surface area contributed by atoms with Gasteiger partial charge in [0.1, 0.15) is 0 Å². The van der Waals surface area contributed by atoms with Crippen LogP contribution in [-0.2, 0) is 6.54 Å². The number of hydrogen-bond donors (Lipinski definition) is 1. The molecular weight excluding hydrogens is 242 g/mol. The predicted molar refractivity (Wildman–Crippen MR) is 73.0 cm³/mol. The van der Waals surface area contributed by atoms with E-state index in [1.165, 1.54) is 0 Å². The monoisotopic (exact) mass is 263 g/mol. The largest absolute Gasteiger partial charge is 0.481 e. The SMILES string of the molecule is COc1ccc(CNC(=O)N2CCC(C)CC2)cn1. The van der Waals surface area contributed by atoms with Crippen LogP contribution in [0, 0.1) is 5.92 Å². The minimum Gasteiger partial charge on any atom is -0.481 e. The highest BCUT2D eigenvalue weighted by molar-refractivity contribution is 5.74. The second kappa shape index (κ2) is 6.41. The summed E-state index contributed by atoms with van der Waals surface area (Å²) < 4.78 is 4.99. The number of pyridine rings is 1. The standard InChI is InChI=1S/C14H21N3O2/c1-11-5-7-17(8-6-11)14(18)16-10-12-3-4-13(19-2)15-9-12/h3-4,9,11H,5-8,10H2,1-2H3,(H,16,18). The molecule has 0 atom stereocenters. The molecule has 1 aliphatic heterocycles. The molecule has 1 fully saturated rings. The quantitative estimate of drug-likeness (QED) is 0.908. The summed E-state index contributed by atoms with van der Waals surface area (Å²) in [5.74, 6) is 1.31. The summed E-state index contributed by atoms with van der Waals surface area (Å²) in [5.41, 5.74) is 0.972. The lowest BCUT2D eigenvalue weighted by atomic mass is 10.00. The number of nitrogens with zero attached hydrogens (tertiary/aromatic N) is 2.